The lowest BCUT2D eigenvalue weighted by molar-refractivity contribution is -0.385. The van der Waals surface area contributed by atoms with Gasteiger partial charge in [-0.25, -0.2) is 4.21 Å². The number of nitrogens with one attached hydrogen (secondary N) is 1. The van der Waals surface area contributed by atoms with E-state index in [1.54, 1.807) is 0 Å². The fourth-order valence-corrected chi connectivity index (χ4v) is 2.52. The molecule has 2 aromatic rings. The third-order valence-corrected chi connectivity index (χ3v) is 4.14. The number of pyridine rings is 1. The molecule has 0 saturated carbocycles. The van der Waals surface area contributed by atoms with Crippen molar-refractivity contribution in [2.24, 2.45) is 0 Å². The normalized spacial score (nSPS) is 12.5. The SMILES string of the molecule is Cc1ccc(NC(=O)c2cncc(S(=O)C(F)(F)F)c2)cc1[N+](=O)[O-]. The van der Waals surface area contributed by atoms with Gasteiger partial charge in [-0.05, 0) is 19.1 Å². The summed E-state index contributed by atoms with van der Waals surface area (Å²) < 4.78 is 48.7. The van der Waals surface area contributed by atoms with Gasteiger partial charge in [-0.15, -0.1) is 0 Å². The van der Waals surface area contributed by atoms with Crippen LogP contribution < -0.4 is 5.32 Å². The van der Waals surface area contributed by atoms with E-state index in [2.05, 4.69) is 10.3 Å². The maximum absolute atomic E-state index is 12.5. The van der Waals surface area contributed by atoms with Gasteiger partial charge < -0.3 is 5.32 Å². The van der Waals surface area contributed by atoms with Crippen molar-refractivity contribution in [3.05, 3.63) is 57.9 Å². The Morgan fingerprint density at radius 3 is 2.56 bits per heavy atom. The summed E-state index contributed by atoms with van der Waals surface area (Å²) in [5.41, 5.74) is -4.99. The number of nitro groups is 1. The average molecular weight is 373 g/mol. The number of halogens is 3. The Labute approximate surface area is 141 Å². The van der Waals surface area contributed by atoms with E-state index in [4.69, 9.17) is 0 Å². The maximum Gasteiger partial charge on any atom is 0.475 e. The van der Waals surface area contributed by atoms with Gasteiger partial charge in [-0.2, -0.15) is 13.2 Å². The highest BCUT2D eigenvalue weighted by molar-refractivity contribution is 7.86. The van der Waals surface area contributed by atoms with Gasteiger partial charge >= 0.3 is 5.51 Å². The molecular formula is C14H10F3N3O4S. The summed E-state index contributed by atoms with van der Waals surface area (Å²) in [7, 11) is -3.32. The molecule has 1 N–H and O–H groups in total. The van der Waals surface area contributed by atoms with Crippen molar-refractivity contribution >= 4 is 28.1 Å². The Morgan fingerprint density at radius 1 is 1.28 bits per heavy atom. The van der Waals surface area contributed by atoms with E-state index in [0.29, 0.717) is 5.56 Å². The van der Waals surface area contributed by atoms with Gasteiger partial charge in [-0.3, -0.25) is 19.9 Å². The van der Waals surface area contributed by atoms with E-state index in [1.807, 2.05) is 0 Å². The fraction of sp³-hybridized carbons (Fsp3) is 0.143. The number of aryl methyl sites for hydroxylation is 1. The van der Waals surface area contributed by atoms with Crippen molar-refractivity contribution in [1.29, 1.82) is 0 Å². The molecule has 0 bridgehead atoms. The first-order valence-electron chi connectivity index (χ1n) is 6.59. The van der Waals surface area contributed by atoms with Crippen LogP contribution in [-0.2, 0) is 10.8 Å². The number of alkyl halides is 3. The van der Waals surface area contributed by atoms with E-state index >= 15 is 0 Å². The zero-order valence-corrected chi connectivity index (χ0v) is 13.4. The summed E-state index contributed by atoms with van der Waals surface area (Å²) >= 11 is 0. The first-order valence-corrected chi connectivity index (χ1v) is 7.74. The Morgan fingerprint density at radius 2 is 1.96 bits per heavy atom. The Balaban J connectivity index is 2.26. The van der Waals surface area contributed by atoms with Gasteiger partial charge in [0.25, 0.3) is 11.6 Å². The minimum Gasteiger partial charge on any atom is -0.322 e. The first-order chi connectivity index (χ1) is 11.6. The van der Waals surface area contributed by atoms with E-state index in [9.17, 15) is 32.3 Å². The molecule has 1 atom stereocenters. The van der Waals surface area contributed by atoms with Crippen LogP contribution in [0.1, 0.15) is 15.9 Å². The number of amides is 1. The van der Waals surface area contributed by atoms with Gasteiger partial charge in [0.2, 0.25) is 0 Å². The van der Waals surface area contributed by atoms with Gasteiger partial charge in [-0.1, -0.05) is 6.07 Å². The first kappa shape index (κ1) is 18.5. The molecule has 0 aliphatic heterocycles. The standard InChI is InChI=1S/C14H10F3N3O4S/c1-8-2-3-10(5-12(8)20(22)23)19-13(21)9-4-11(7-18-6-9)25(24)14(15,16)17/h2-7H,1H3,(H,19,21). The highest BCUT2D eigenvalue weighted by Crippen LogP contribution is 2.26. The van der Waals surface area contributed by atoms with Crippen molar-refractivity contribution in [1.82, 2.24) is 4.98 Å². The molecule has 25 heavy (non-hydrogen) atoms. The molecule has 0 aliphatic rings. The zero-order valence-electron chi connectivity index (χ0n) is 12.5. The summed E-state index contributed by atoms with van der Waals surface area (Å²) in [5, 5.41) is 13.2. The van der Waals surface area contributed by atoms with Gasteiger partial charge in [0.1, 0.15) is 0 Å². The number of benzene rings is 1. The Hall–Kier alpha value is -2.82. The second kappa shape index (κ2) is 6.97. The Bertz CT molecular complexity index is 871. The molecule has 0 aliphatic carbocycles. The molecule has 132 valence electrons. The number of hydrogen-bond donors (Lipinski definition) is 1. The van der Waals surface area contributed by atoms with Crippen LogP contribution in [0.25, 0.3) is 0 Å². The van der Waals surface area contributed by atoms with Crippen molar-refractivity contribution in [3.8, 4) is 0 Å². The molecule has 0 fully saturated rings. The summed E-state index contributed by atoms with van der Waals surface area (Å²) in [6.07, 6.45) is 1.74. The topological polar surface area (TPSA) is 102 Å². The summed E-state index contributed by atoms with van der Waals surface area (Å²) in [5.74, 6) is -0.841. The number of rotatable bonds is 4. The number of nitro benzene ring substituents is 1. The lowest BCUT2D eigenvalue weighted by Gasteiger charge is -2.08. The predicted octanol–water partition coefficient (Wildman–Crippen LogP) is 3.18. The van der Waals surface area contributed by atoms with Crippen molar-refractivity contribution in [2.45, 2.75) is 17.3 Å². The molecule has 2 rings (SSSR count). The Kier molecular flexibility index (Phi) is 5.16. The number of nitrogens with zero attached hydrogens (tertiary/aromatic N) is 2. The summed E-state index contributed by atoms with van der Waals surface area (Å²) in [6, 6.07) is 4.75. The molecule has 0 saturated heterocycles. The van der Waals surface area contributed by atoms with Crippen LogP contribution in [0, 0.1) is 17.0 Å². The third-order valence-electron chi connectivity index (χ3n) is 3.06. The monoisotopic (exact) mass is 373 g/mol. The van der Waals surface area contributed by atoms with Crippen LogP contribution in [0.15, 0.2) is 41.6 Å². The molecule has 1 unspecified atom stereocenters. The molecule has 1 amide bonds. The zero-order chi connectivity index (χ0) is 18.8. The van der Waals surface area contributed by atoms with Crippen molar-refractivity contribution < 1.29 is 27.1 Å². The van der Waals surface area contributed by atoms with Crippen LogP contribution in [0.3, 0.4) is 0 Å². The molecule has 1 heterocycles. The molecule has 0 spiro atoms. The van der Waals surface area contributed by atoms with Crippen LogP contribution in [0.5, 0.6) is 0 Å². The van der Waals surface area contributed by atoms with Gasteiger partial charge in [0.15, 0.2) is 10.8 Å². The minimum atomic E-state index is -4.98. The highest BCUT2D eigenvalue weighted by atomic mass is 32.2. The fourth-order valence-electron chi connectivity index (χ4n) is 1.87. The largest absolute Gasteiger partial charge is 0.475 e. The van der Waals surface area contributed by atoms with Crippen LogP contribution in [0.2, 0.25) is 0 Å². The third kappa shape index (κ3) is 4.38. The lowest BCUT2D eigenvalue weighted by atomic mass is 10.2. The lowest BCUT2D eigenvalue weighted by Crippen LogP contribution is -2.18. The molecule has 1 aromatic carbocycles. The van der Waals surface area contributed by atoms with Gasteiger partial charge in [0.05, 0.1) is 15.4 Å². The maximum atomic E-state index is 12.5. The number of hydrogen-bond acceptors (Lipinski definition) is 5. The number of aromatic nitrogens is 1. The van der Waals surface area contributed by atoms with Gasteiger partial charge in [0, 0.05) is 29.7 Å². The second-order valence-corrected chi connectivity index (χ2v) is 6.31. The van der Waals surface area contributed by atoms with Crippen LogP contribution >= 0.6 is 0 Å². The van der Waals surface area contributed by atoms with Crippen molar-refractivity contribution in [2.75, 3.05) is 5.32 Å². The molecule has 11 heteroatoms. The van der Waals surface area contributed by atoms with E-state index < -0.39 is 32.0 Å². The second-order valence-electron chi connectivity index (χ2n) is 4.84. The van der Waals surface area contributed by atoms with E-state index in [-0.39, 0.29) is 16.9 Å². The quantitative estimate of drug-likeness (QED) is 0.655. The number of carbonyl (C=O) groups excluding carboxylic acids is 1. The van der Waals surface area contributed by atoms with Crippen molar-refractivity contribution in [3.63, 3.8) is 0 Å². The van der Waals surface area contributed by atoms with E-state index in [1.165, 1.54) is 19.1 Å². The van der Waals surface area contributed by atoms with Crippen LogP contribution in [-0.4, -0.2) is 25.5 Å². The highest BCUT2D eigenvalue weighted by Gasteiger charge is 2.38. The molecule has 1 aromatic heterocycles. The van der Waals surface area contributed by atoms with E-state index in [0.717, 1.165) is 24.5 Å². The average Bonchev–Trinajstić information content (AvgIpc) is 2.54. The number of anilines is 1. The van der Waals surface area contributed by atoms with Crippen LogP contribution in [0.4, 0.5) is 24.5 Å². The number of carbonyl (C=O) groups is 1. The summed E-state index contributed by atoms with van der Waals surface area (Å²) in [6.45, 7) is 1.52. The smallest absolute Gasteiger partial charge is 0.322 e. The molecule has 0 radical (unpaired) electrons. The molecular weight excluding hydrogens is 363 g/mol. The predicted molar refractivity (Wildman–Crippen MR) is 82.5 cm³/mol. The summed E-state index contributed by atoms with van der Waals surface area (Å²) in [4.78, 5) is 25.2. The minimum absolute atomic E-state index is 0.0876. The molecule has 7 nitrogen and oxygen atoms in total.